The largest absolute Gasteiger partial charge is 0.507 e. The molecule has 3 aliphatic carbocycles. The van der Waals surface area contributed by atoms with Crippen LogP contribution < -0.4 is 5.73 Å². The number of rotatable bonds is 3. The van der Waals surface area contributed by atoms with Crippen molar-refractivity contribution in [2.75, 3.05) is 14.1 Å². The molecule has 2 unspecified atom stereocenters. The van der Waals surface area contributed by atoms with E-state index in [1.165, 1.54) is 37.2 Å². The maximum atomic E-state index is 14.7. The first-order chi connectivity index (χ1) is 18.7. The van der Waals surface area contributed by atoms with E-state index in [0.717, 1.165) is 18.2 Å². The molecular weight excluding hydrogens is 530 g/mol. The number of benzene rings is 2. The number of Topliss-reactive ketones (excluding diaryl/α,β-unsaturated/α-hetero) is 4. The van der Waals surface area contributed by atoms with Crippen molar-refractivity contribution in [2.24, 2.45) is 29.4 Å². The summed E-state index contributed by atoms with van der Waals surface area (Å²) in [5, 5.41) is 34.0. The number of fused-ring (bicyclic) bond motifs is 3. The molecule has 2 aromatic rings. The molecule has 2 aromatic carbocycles. The fourth-order valence-electron chi connectivity index (χ4n) is 6.46. The number of hydrogen-bond acceptors (Lipinski definition) is 9. The van der Waals surface area contributed by atoms with Crippen LogP contribution in [0.5, 0.6) is 5.75 Å². The van der Waals surface area contributed by atoms with Gasteiger partial charge in [0.15, 0.2) is 34.7 Å². The zero-order chi connectivity index (χ0) is 29.4. The third-order valence-corrected chi connectivity index (χ3v) is 8.15. The Labute approximate surface area is 225 Å². The standard InChI is InChI=1S/C28H24F2N2O8/c1-32(2)21-20-23(35)17-13(8-10-6-7-11(29)9-14(10)30)12-4-3-5-15(33)16(12)22(34)18(17)25(37)28(20,40)26(38)19(24(21)36)27(31)39/h3-9,17-21,23,33,35,40H,1-2H3,(H2,31,39)/b13-8+/t17-,18?,19?,20-,21+,23+,28+/m1/s1. The zero-order valence-electron chi connectivity index (χ0n) is 21.2. The molecule has 0 saturated heterocycles. The number of nitrogens with two attached hydrogens (primary N) is 1. The van der Waals surface area contributed by atoms with Crippen LogP contribution >= 0.6 is 0 Å². The van der Waals surface area contributed by atoms with Crippen LogP contribution in [-0.2, 0) is 19.2 Å². The molecule has 5 N–H and O–H groups in total. The van der Waals surface area contributed by atoms with Crippen LogP contribution in [0.2, 0.25) is 0 Å². The Kier molecular flexibility index (Phi) is 6.32. The highest BCUT2D eigenvalue weighted by Gasteiger charge is 2.72. The Morgan fingerprint density at radius 1 is 1.07 bits per heavy atom. The summed E-state index contributed by atoms with van der Waals surface area (Å²) in [5.41, 5.74) is 1.55. The van der Waals surface area contributed by atoms with Crippen LogP contribution in [0, 0.1) is 35.3 Å². The van der Waals surface area contributed by atoms with Crippen molar-refractivity contribution in [3.05, 3.63) is 64.7 Å². The maximum Gasteiger partial charge on any atom is 0.235 e. The van der Waals surface area contributed by atoms with E-state index in [4.69, 9.17) is 5.73 Å². The zero-order valence-corrected chi connectivity index (χ0v) is 21.2. The second-order valence-corrected chi connectivity index (χ2v) is 10.5. The molecule has 5 rings (SSSR count). The van der Waals surface area contributed by atoms with Gasteiger partial charge < -0.3 is 21.1 Å². The number of phenols is 1. The van der Waals surface area contributed by atoms with Gasteiger partial charge in [-0.3, -0.25) is 28.9 Å². The second-order valence-electron chi connectivity index (χ2n) is 10.5. The average molecular weight is 555 g/mol. The lowest BCUT2D eigenvalue weighted by molar-refractivity contribution is -0.192. The normalized spacial score (nSPS) is 32.6. The summed E-state index contributed by atoms with van der Waals surface area (Å²) in [4.78, 5) is 67.8. The third kappa shape index (κ3) is 3.60. The lowest BCUT2D eigenvalue weighted by atomic mass is 9.50. The van der Waals surface area contributed by atoms with Gasteiger partial charge in [-0.25, -0.2) is 8.78 Å². The fourth-order valence-corrected chi connectivity index (χ4v) is 6.46. The number of carbonyl (C=O) groups is 5. The maximum absolute atomic E-state index is 14.7. The van der Waals surface area contributed by atoms with Crippen molar-refractivity contribution in [3.8, 4) is 5.75 Å². The third-order valence-electron chi connectivity index (χ3n) is 8.15. The highest BCUT2D eigenvalue weighted by Crippen LogP contribution is 2.54. The van der Waals surface area contributed by atoms with Gasteiger partial charge in [0, 0.05) is 17.5 Å². The molecule has 1 amide bonds. The van der Waals surface area contributed by atoms with E-state index >= 15 is 0 Å². The monoisotopic (exact) mass is 554 g/mol. The number of likely N-dealkylation sites (N-methyl/N-ethyl adjacent to an activating group) is 1. The minimum Gasteiger partial charge on any atom is -0.507 e. The first-order valence-electron chi connectivity index (χ1n) is 12.2. The number of aliphatic hydroxyl groups is 2. The lowest BCUT2D eigenvalue weighted by Crippen LogP contribution is -2.77. The SMILES string of the molecule is CN(C)[C@@H]1C(=O)C(C(N)=O)C(=O)[C@@]2(O)C(=O)C3C(=O)c4c(O)cccc4/C(=C\c4ccc(F)cc4F)[C@H]3[C@H](O)[C@@H]12. The molecule has 0 radical (unpaired) electrons. The van der Waals surface area contributed by atoms with Gasteiger partial charge >= 0.3 is 0 Å². The van der Waals surface area contributed by atoms with Gasteiger partial charge in [0.2, 0.25) is 5.91 Å². The van der Waals surface area contributed by atoms with E-state index in [1.54, 1.807) is 0 Å². The molecule has 0 aromatic heterocycles. The van der Waals surface area contributed by atoms with Crippen molar-refractivity contribution < 1.29 is 48.1 Å². The summed E-state index contributed by atoms with van der Waals surface area (Å²) in [7, 11) is 2.73. The number of halogens is 2. The van der Waals surface area contributed by atoms with Gasteiger partial charge in [-0.15, -0.1) is 0 Å². The molecule has 3 aliphatic rings. The van der Waals surface area contributed by atoms with E-state index in [2.05, 4.69) is 0 Å². The Morgan fingerprint density at radius 2 is 1.75 bits per heavy atom. The Morgan fingerprint density at radius 3 is 2.35 bits per heavy atom. The van der Waals surface area contributed by atoms with Gasteiger partial charge in [0.1, 0.15) is 17.4 Å². The first-order valence-corrected chi connectivity index (χ1v) is 12.2. The number of phenolic OH excluding ortho intramolecular Hbond substituents is 1. The molecule has 12 heteroatoms. The lowest BCUT2D eigenvalue weighted by Gasteiger charge is -2.55. The minimum absolute atomic E-state index is 0.0251. The molecule has 0 aliphatic heterocycles. The molecule has 208 valence electrons. The number of ketones is 4. The van der Waals surface area contributed by atoms with Gasteiger partial charge in [-0.2, -0.15) is 0 Å². The van der Waals surface area contributed by atoms with Gasteiger partial charge in [-0.1, -0.05) is 12.1 Å². The van der Waals surface area contributed by atoms with Crippen LogP contribution in [0.4, 0.5) is 8.78 Å². The van der Waals surface area contributed by atoms with Gasteiger partial charge in [0.05, 0.1) is 29.5 Å². The Bertz CT molecular complexity index is 1550. The number of nitrogens with zero attached hydrogens (tertiary/aromatic N) is 1. The summed E-state index contributed by atoms with van der Waals surface area (Å²) in [5.74, 6) is -16.4. The van der Waals surface area contributed by atoms with Crippen LogP contribution in [0.25, 0.3) is 11.6 Å². The second kappa shape index (κ2) is 9.22. The van der Waals surface area contributed by atoms with Crippen LogP contribution in [0.15, 0.2) is 36.4 Å². The number of aromatic hydroxyl groups is 1. The summed E-state index contributed by atoms with van der Waals surface area (Å²) >= 11 is 0. The van der Waals surface area contributed by atoms with Gasteiger partial charge in [-0.05, 0) is 49.5 Å². The molecule has 10 nitrogen and oxygen atoms in total. The van der Waals surface area contributed by atoms with Crippen molar-refractivity contribution in [3.63, 3.8) is 0 Å². The van der Waals surface area contributed by atoms with Crippen LogP contribution in [0.3, 0.4) is 0 Å². The van der Waals surface area contributed by atoms with Crippen molar-refractivity contribution >= 4 is 40.7 Å². The molecular formula is C28H24F2N2O8. The summed E-state index contributed by atoms with van der Waals surface area (Å²) in [6.07, 6.45) is -0.780. The fraction of sp³-hybridized carbons (Fsp3) is 0.321. The molecule has 2 saturated carbocycles. The van der Waals surface area contributed by atoms with Crippen molar-refractivity contribution in [1.29, 1.82) is 0 Å². The predicted octanol–water partition coefficient (Wildman–Crippen LogP) is 0.114. The van der Waals surface area contributed by atoms with Crippen LogP contribution in [0.1, 0.15) is 21.5 Å². The molecule has 0 bridgehead atoms. The highest BCUT2D eigenvalue weighted by molar-refractivity contribution is 6.33. The van der Waals surface area contributed by atoms with E-state index in [0.29, 0.717) is 6.07 Å². The van der Waals surface area contributed by atoms with E-state index < -0.39 is 87.8 Å². The number of carbonyl (C=O) groups excluding carboxylic acids is 5. The highest BCUT2D eigenvalue weighted by atomic mass is 19.1. The Balaban J connectivity index is 1.81. The predicted molar refractivity (Wildman–Crippen MR) is 133 cm³/mol. The molecule has 7 atom stereocenters. The molecule has 40 heavy (non-hydrogen) atoms. The molecule has 0 spiro atoms. The van der Waals surface area contributed by atoms with Crippen LogP contribution in [-0.4, -0.2) is 81.1 Å². The van der Waals surface area contributed by atoms with E-state index in [9.17, 15) is 48.1 Å². The quantitative estimate of drug-likeness (QED) is 0.384. The smallest absolute Gasteiger partial charge is 0.235 e. The topological polar surface area (TPSA) is 175 Å². The van der Waals surface area contributed by atoms with Crippen molar-refractivity contribution in [1.82, 2.24) is 4.90 Å². The van der Waals surface area contributed by atoms with E-state index in [-0.39, 0.29) is 22.3 Å². The number of aliphatic hydroxyl groups excluding tert-OH is 1. The summed E-state index contributed by atoms with van der Waals surface area (Å²) in [6.45, 7) is 0. The summed E-state index contributed by atoms with van der Waals surface area (Å²) < 4.78 is 28.4. The number of amides is 1. The Hall–Kier alpha value is -4.13. The molecule has 0 heterocycles. The molecule has 2 fully saturated rings. The number of hydrogen-bond donors (Lipinski definition) is 4. The minimum atomic E-state index is -3.17. The summed E-state index contributed by atoms with van der Waals surface area (Å²) in [6, 6.07) is 5.01. The average Bonchev–Trinajstić information content (AvgIpc) is 2.86. The van der Waals surface area contributed by atoms with Gasteiger partial charge in [0.25, 0.3) is 0 Å². The van der Waals surface area contributed by atoms with Crippen molar-refractivity contribution in [2.45, 2.75) is 17.7 Å². The van der Waals surface area contributed by atoms with E-state index in [1.807, 2.05) is 0 Å². The number of primary amides is 1. The first kappa shape index (κ1) is 27.4.